The van der Waals surface area contributed by atoms with Crippen LogP contribution in [0.3, 0.4) is 0 Å². The van der Waals surface area contributed by atoms with Crippen LogP contribution in [0.5, 0.6) is 11.5 Å². The molecular weight excluding hydrogens is 259 g/mol. The van der Waals surface area contributed by atoms with Gasteiger partial charge in [-0.25, -0.2) is 0 Å². The first-order chi connectivity index (χ1) is 8.85. The van der Waals surface area contributed by atoms with Gasteiger partial charge in [-0.15, -0.1) is 0 Å². The molecule has 0 fully saturated rings. The van der Waals surface area contributed by atoms with Crippen LogP contribution in [0.1, 0.15) is 18.9 Å². The molecule has 0 heterocycles. The van der Waals surface area contributed by atoms with Crippen molar-refractivity contribution in [3.05, 3.63) is 23.8 Å². The summed E-state index contributed by atoms with van der Waals surface area (Å²) >= 11 is 0. The molecule has 0 aromatic heterocycles. The maximum atomic E-state index is 12.2. The van der Waals surface area contributed by atoms with E-state index in [1.807, 2.05) is 0 Å². The van der Waals surface area contributed by atoms with Crippen LogP contribution >= 0.6 is 0 Å². The highest BCUT2D eigenvalue weighted by Crippen LogP contribution is 2.25. The largest absolute Gasteiger partial charge is 0.497 e. The second kappa shape index (κ2) is 6.65. The minimum atomic E-state index is -4.16. The Morgan fingerprint density at radius 3 is 2.42 bits per heavy atom. The van der Waals surface area contributed by atoms with E-state index in [9.17, 15) is 13.2 Å². The molecule has 1 aromatic carbocycles. The Balaban J connectivity index is 2.62. The number of halogens is 3. The smallest absolute Gasteiger partial charge is 0.390 e. The Kier molecular flexibility index (Phi) is 5.47. The molecule has 3 nitrogen and oxygen atoms in total. The van der Waals surface area contributed by atoms with Crippen molar-refractivity contribution in [3.8, 4) is 11.5 Å². The Hall–Kier alpha value is -1.43. The summed E-state index contributed by atoms with van der Waals surface area (Å²) in [7, 11) is 3.05. The van der Waals surface area contributed by atoms with Gasteiger partial charge in [-0.3, -0.25) is 0 Å². The van der Waals surface area contributed by atoms with Gasteiger partial charge in [-0.05, 0) is 13.0 Å². The lowest BCUT2D eigenvalue weighted by molar-refractivity contribution is -0.139. The zero-order valence-electron chi connectivity index (χ0n) is 11.2. The molecular formula is C13H18F3NO2. The molecule has 1 atom stereocenters. The topological polar surface area (TPSA) is 30.5 Å². The van der Waals surface area contributed by atoms with Gasteiger partial charge in [-0.1, -0.05) is 6.07 Å². The Bertz CT molecular complexity index is 407. The van der Waals surface area contributed by atoms with Gasteiger partial charge in [0.25, 0.3) is 0 Å². The molecule has 108 valence electrons. The maximum Gasteiger partial charge on any atom is 0.390 e. The minimum Gasteiger partial charge on any atom is -0.497 e. The summed E-state index contributed by atoms with van der Waals surface area (Å²) in [5, 5.41) is 2.83. The summed E-state index contributed by atoms with van der Waals surface area (Å²) in [6, 6.07) is 4.57. The molecule has 0 saturated heterocycles. The van der Waals surface area contributed by atoms with E-state index in [-0.39, 0.29) is 0 Å². The first kappa shape index (κ1) is 15.6. The van der Waals surface area contributed by atoms with Crippen molar-refractivity contribution in [2.75, 3.05) is 14.2 Å². The van der Waals surface area contributed by atoms with Gasteiger partial charge in [0.1, 0.15) is 11.5 Å². The van der Waals surface area contributed by atoms with Gasteiger partial charge in [0.15, 0.2) is 0 Å². The van der Waals surface area contributed by atoms with Gasteiger partial charge >= 0.3 is 6.18 Å². The van der Waals surface area contributed by atoms with Crippen LogP contribution in [0.4, 0.5) is 13.2 Å². The second-order valence-electron chi connectivity index (χ2n) is 4.28. The average Bonchev–Trinajstić information content (AvgIpc) is 2.34. The van der Waals surface area contributed by atoms with E-state index in [0.717, 1.165) is 5.56 Å². The molecule has 1 unspecified atom stereocenters. The Morgan fingerprint density at radius 1 is 1.21 bits per heavy atom. The van der Waals surface area contributed by atoms with E-state index in [0.29, 0.717) is 18.0 Å². The molecule has 6 heteroatoms. The zero-order chi connectivity index (χ0) is 14.5. The number of alkyl halides is 3. The van der Waals surface area contributed by atoms with E-state index in [2.05, 4.69) is 5.32 Å². The van der Waals surface area contributed by atoms with Crippen LogP contribution in [0.15, 0.2) is 18.2 Å². The van der Waals surface area contributed by atoms with Crippen LogP contribution in [0.25, 0.3) is 0 Å². The zero-order valence-corrected chi connectivity index (χ0v) is 11.2. The number of nitrogens with one attached hydrogen (secondary N) is 1. The van der Waals surface area contributed by atoms with Crippen molar-refractivity contribution in [3.63, 3.8) is 0 Å². The summed E-state index contributed by atoms with van der Waals surface area (Å²) < 4.78 is 46.8. The summed E-state index contributed by atoms with van der Waals surface area (Å²) in [4.78, 5) is 0. The fraction of sp³-hybridized carbons (Fsp3) is 0.538. The van der Waals surface area contributed by atoms with Gasteiger partial charge in [0, 0.05) is 24.2 Å². The number of ether oxygens (including phenoxy) is 2. The van der Waals surface area contributed by atoms with Crippen LogP contribution in [0.2, 0.25) is 0 Å². The van der Waals surface area contributed by atoms with E-state index >= 15 is 0 Å². The normalized spacial score (nSPS) is 13.2. The molecule has 19 heavy (non-hydrogen) atoms. The van der Waals surface area contributed by atoms with Crippen LogP contribution < -0.4 is 14.8 Å². The number of hydrogen-bond acceptors (Lipinski definition) is 3. The predicted octanol–water partition coefficient (Wildman–Crippen LogP) is 3.13. The van der Waals surface area contributed by atoms with Gasteiger partial charge in [0.05, 0.1) is 20.6 Å². The molecule has 1 aromatic rings. The number of methoxy groups -OCH3 is 2. The molecule has 0 spiro atoms. The quantitative estimate of drug-likeness (QED) is 0.866. The van der Waals surface area contributed by atoms with Gasteiger partial charge in [0.2, 0.25) is 0 Å². The van der Waals surface area contributed by atoms with Crippen molar-refractivity contribution < 1.29 is 22.6 Å². The molecule has 0 amide bonds. The highest BCUT2D eigenvalue weighted by Gasteiger charge is 2.29. The van der Waals surface area contributed by atoms with Gasteiger partial charge in [-0.2, -0.15) is 13.2 Å². The van der Waals surface area contributed by atoms with Gasteiger partial charge < -0.3 is 14.8 Å². The third kappa shape index (κ3) is 5.38. The Labute approximate surface area is 110 Å². The van der Waals surface area contributed by atoms with E-state index in [4.69, 9.17) is 9.47 Å². The van der Waals surface area contributed by atoms with E-state index in [1.54, 1.807) is 18.2 Å². The standard InChI is InChI=1S/C13H18F3NO2/c1-9(7-13(14,15)16)17-8-10-4-5-11(18-2)6-12(10)19-3/h4-6,9,17H,7-8H2,1-3H3. The van der Waals surface area contributed by atoms with Crippen LogP contribution in [0, 0.1) is 0 Å². The number of hydrogen-bond donors (Lipinski definition) is 1. The highest BCUT2D eigenvalue weighted by atomic mass is 19.4. The average molecular weight is 277 g/mol. The van der Waals surface area contributed by atoms with Crippen molar-refractivity contribution in [2.45, 2.75) is 32.1 Å². The molecule has 0 saturated carbocycles. The van der Waals surface area contributed by atoms with E-state index in [1.165, 1.54) is 21.1 Å². The van der Waals surface area contributed by atoms with Crippen molar-refractivity contribution in [1.82, 2.24) is 5.32 Å². The van der Waals surface area contributed by atoms with Crippen molar-refractivity contribution in [2.24, 2.45) is 0 Å². The molecule has 1 rings (SSSR count). The Morgan fingerprint density at radius 2 is 1.89 bits per heavy atom. The molecule has 1 N–H and O–H groups in total. The van der Waals surface area contributed by atoms with E-state index < -0.39 is 18.6 Å². The lowest BCUT2D eigenvalue weighted by atomic mass is 10.1. The number of rotatable bonds is 6. The summed E-state index contributed by atoms with van der Waals surface area (Å²) in [6.07, 6.45) is -5.01. The van der Waals surface area contributed by atoms with Crippen molar-refractivity contribution >= 4 is 0 Å². The maximum absolute atomic E-state index is 12.2. The molecule has 0 aliphatic heterocycles. The third-order valence-corrected chi connectivity index (χ3v) is 2.67. The summed E-state index contributed by atoms with van der Waals surface area (Å²) in [5.41, 5.74) is 0.789. The summed E-state index contributed by atoms with van der Waals surface area (Å²) in [5.74, 6) is 1.23. The lowest BCUT2D eigenvalue weighted by Crippen LogP contribution is -2.30. The fourth-order valence-electron chi connectivity index (χ4n) is 1.70. The number of benzene rings is 1. The monoisotopic (exact) mass is 277 g/mol. The van der Waals surface area contributed by atoms with Crippen LogP contribution in [-0.4, -0.2) is 26.4 Å². The van der Waals surface area contributed by atoms with Crippen molar-refractivity contribution in [1.29, 1.82) is 0 Å². The molecule has 0 aliphatic rings. The fourth-order valence-corrected chi connectivity index (χ4v) is 1.70. The minimum absolute atomic E-state index is 0.310. The lowest BCUT2D eigenvalue weighted by Gasteiger charge is -2.17. The second-order valence-corrected chi connectivity index (χ2v) is 4.28. The summed E-state index contributed by atoms with van der Waals surface area (Å²) in [6.45, 7) is 1.81. The van der Waals surface area contributed by atoms with Crippen LogP contribution in [-0.2, 0) is 6.54 Å². The molecule has 0 radical (unpaired) electrons. The predicted molar refractivity (Wildman–Crippen MR) is 66.5 cm³/mol. The molecule has 0 bridgehead atoms. The molecule has 0 aliphatic carbocycles. The third-order valence-electron chi connectivity index (χ3n) is 2.67. The first-order valence-corrected chi connectivity index (χ1v) is 5.86. The highest BCUT2D eigenvalue weighted by molar-refractivity contribution is 5.40. The SMILES string of the molecule is COc1ccc(CNC(C)CC(F)(F)F)c(OC)c1. The first-order valence-electron chi connectivity index (χ1n) is 5.86.